The van der Waals surface area contributed by atoms with E-state index in [1.807, 2.05) is 7.05 Å². The number of halogens is 1. The third-order valence-electron chi connectivity index (χ3n) is 3.68. The summed E-state index contributed by atoms with van der Waals surface area (Å²) in [5.41, 5.74) is 0.909. The average molecular weight is 279 g/mol. The van der Waals surface area contributed by atoms with Crippen molar-refractivity contribution in [1.29, 1.82) is 0 Å². The minimum atomic E-state index is -0.258. The molecule has 20 heavy (non-hydrogen) atoms. The molecule has 4 nitrogen and oxygen atoms in total. The molecule has 2 rings (SSSR count). The van der Waals surface area contributed by atoms with Crippen molar-refractivity contribution in [2.45, 2.75) is 25.4 Å². The normalized spacial score (nSPS) is 19.8. The molecule has 1 saturated heterocycles. The van der Waals surface area contributed by atoms with Gasteiger partial charge in [-0.2, -0.15) is 0 Å². The van der Waals surface area contributed by atoms with Crippen molar-refractivity contribution < 1.29 is 9.18 Å². The number of carbonyl (C=O) groups excluding carboxylic acids is 1. The Morgan fingerprint density at radius 1 is 1.40 bits per heavy atom. The molecule has 1 aliphatic heterocycles. The zero-order valence-electron chi connectivity index (χ0n) is 11.9. The number of rotatable bonds is 5. The Labute approximate surface area is 119 Å². The fraction of sp³-hybridized carbons (Fsp3) is 0.533. The lowest BCUT2D eigenvalue weighted by atomic mass is 10.1. The summed E-state index contributed by atoms with van der Waals surface area (Å²) in [5.74, 6) is -0.238. The number of likely N-dealkylation sites (N-methyl/N-ethyl adjacent to an activating group) is 1. The highest BCUT2D eigenvalue weighted by Crippen LogP contribution is 2.09. The number of benzene rings is 1. The number of hydrogen-bond acceptors (Lipinski definition) is 3. The third-order valence-corrected chi connectivity index (χ3v) is 3.68. The fourth-order valence-corrected chi connectivity index (χ4v) is 2.50. The summed E-state index contributed by atoms with van der Waals surface area (Å²) in [7, 11) is 1.96. The lowest BCUT2D eigenvalue weighted by Crippen LogP contribution is -2.47. The van der Waals surface area contributed by atoms with Crippen LogP contribution in [-0.2, 0) is 11.3 Å². The average Bonchev–Trinajstić information content (AvgIpc) is 2.47. The molecule has 1 atom stereocenters. The van der Waals surface area contributed by atoms with E-state index in [4.69, 9.17) is 0 Å². The summed E-state index contributed by atoms with van der Waals surface area (Å²) in [5, 5.41) is 6.14. The van der Waals surface area contributed by atoms with Gasteiger partial charge in [-0.3, -0.25) is 9.69 Å². The molecular weight excluding hydrogens is 257 g/mol. The van der Waals surface area contributed by atoms with Crippen LogP contribution in [0.3, 0.4) is 0 Å². The summed E-state index contributed by atoms with van der Waals surface area (Å²) >= 11 is 0. The van der Waals surface area contributed by atoms with Gasteiger partial charge in [0.15, 0.2) is 0 Å². The van der Waals surface area contributed by atoms with Gasteiger partial charge in [-0.15, -0.1) is 0 Å². The van der Waals surface area contributed by atoms with Crippen molar-refractivity contribution in [3.8, 4) is 0 Å². The lowest BCUT2D eigenvalue weighted by molar-refractivity contribution is -0.122. The molecule has 2 N–H and O–H groups in total. The largest absolute Gasteiger partial charge is 0.351 e. The molecule has 1 aromatic rings. The highest BCUT2D eigenvalue weighted by molar-refractivity contribution is 5.78. The summed E-state index contributed by atoms with van der Waals surface area (Å²) < 4.78 is 12.8. The van der Waals surface area contributed by atoms with Crippen molar-refractivity contribution in [1.82, 2.24) is 15.5 Å². The zero-order valence-corrected chi connectivity index (χ0v) is 11.9. The van der Waals surface area contributed by atoms with Gasteiger partial charge in [-0.25, -0.2) is 4.39 Å². The Balaban J connectivity index is 1.73. The van der Waals surface area contributed by atoms with Gasteiger partial charge < -0.3 is 10.6 Å². The monoisotopic (exact) mass is 279 g/mol. The van der Waals surface area contributed by atoms with E-state index in [0.717, 1.165) is 25.1 Å². The first-order valence-electron chi connectivity index (χ1n) is 7.08. The van der Waals surface area contributed by atoms with E-state index >= 15 is 0 Å². The molecule has 1 heterocycles. The van der Waals surface area contributed by atoms with Gasteiger partial charge in [0.25, 0.3) is 0 Å². The third kappa shape index (κ3) is 4.58. The molecule has 1 aromatic carbocycles. The number of nitrogens with zero attached hydrogens (tertiary/aromatic N) is 1. The van der Waals surface area contributed by atoms with E-state index in [0.29, 0.717) is 19.1 Å². The number of piperidine rings is 1. The minimum Gasteiger partial charge on any atom is -0.351 e. The molecule has 1 aliphatic rings. The molecule has 1 fully saturated rings. The first kappa shape index (κ1) is 14.9. The highest BCUT2D eigenvalue weighted by atomic mass is 19.1. The van der Waals surface area contributed by atoms with Crippen LogP contribution in [0.15, 0.2) is 24.3 Å². The maximum Gasteiger partial charge on any atom is 0.234 e. The molecule has 0 aromatic heterocycles. The van der Waals surface area contributed by atoms with E-state index < -0.39 is 0 Å². The minimum absolute atomic E-state index is 0.0195. The Hall–Kier alpha value is -1.46. The van der Waals surface area contributed by atoms with Crippen LogP contribution < -0.4 is 10.6 Å². The second-order valence-corrected chi connectivity index (χ2v) is 5.27. The van der Waals surface area contributed by atoms with Crippen molar-refractivity contribution in [2.75, 3.05) is 26.7 Å². The van der Waals surface area contributed by atoms with Crippen molar-refractivity contribution in [3.05, 3.63) is 35.6 Å². The fourth-order valence-electron chi connectivity index (χ4n) is 2.50. The van der Waals surface area contributed by atoms with E-state index in [1.165, 1.54) is 18.6 Å². The molecule has 110 valence electrons. The van der Waals surface area contributed by atoms with E-state index in [9.17, 15) is 9.18 Å². The molecule has 5 heteroatoms. The van der Waals surface area contributed by atoms with Crippen molar-refractivity contribution in [3.63, 3.8) is 0 Å². The number of carbonyl (C=O) groups is 1. The van der Waals surface area contributed by atoms with Gasteiger partial charge in [-0.1, -0.05) is 12.1 Å². The first-order chi connectivity index (χ1) is 9.67. The van der Waals surface area contributed by atoms with Gasteiger partial charge in [0.2, 0.25) is 5.91 Å². The van der Waals surface area contributed by atoms with Gasteiger partial charge in [0, 0.05) is 19.1 Å². The lowest BCUT2D eigenvalue weighted by Gasteiger charge is -2.31. The van der Waals surface area contributed by atoms with Gasteiger partial charge in [0.05, 0.1) is 6.54 Å². The molecule has 0 radical (unpaired) electrons. The molecule has 0 spiro atoms. The van der Waals surface area contributed by atoms with Crippen LogP contribution in [0.5, 0.6) is 0 Å². The van der Waals surface area contributed by atoms with Crippen LogP contribution in [0.1, 0.15) is 18.4 Å². The van der Waals surface area contributed by atoms with Crippen molar-refractivity contribution >= 4 is 5.91 Å². The van der Waals surface area contributed by atoms with Crippen LogP contribution in [0, 0.1) is 5.82 Å². The zero-order chi connectivity index (χ0) is 14.4. The number of likely N-dealkylation sites (tertiary alicyclic amines) is 1. The predicted octanol–water partition coefficient (Wildman–Crippen LogP) is 1.13. The van der Waals surface area contributed by atoms with Crippen LogP contribution in [0.2, 0.25) is 0 Å². The molecule has 0 bridgehead atoms. The number of hydrogen-bond donors (Lipinski definition) is 2. The van der Waals surface area contributed by atoms with E-state index in [-0.39, 0.29) is 11.7 Å². The molecule has 0 aliphatic carbocycles. The second-order valence-electron chi connectivity index (χ2n) is 5.27. The Bertz CT molecular complexity index is 435. The van der Waals surface area contributed by atoms with Crippen LogP contribution in [0.25, 0.3) is 0 Å². The van der Waals surface area contributed by atoms with Gasteiger partial charge in [-0.05, 0) is 44.1 Å². The van der Waals surface area contributed by atoms with Gasteiger partial charge >= 0.3 is 0 Å². The number of amides is 1. The predicted molar refractivity (Wildman–Crippen MR) is 76.8 cm³/mol. The second kappa shape index (κ2) is 7.36. The summed E-state index contributed by atoms with van der Waals surface area (Å²) in [6.07, 6.45) is 2.29. The van der Waals surface area contributed by atoms with Crippen LogP contribution >= 0.6 is 0 Å². The van der Waals surface area contributed by atoms with Gasteiger partial charge in [0.1, 0.15) is 5.82 Å². The SMILES string of the molecule is CNC1CCCN(CC(=O)NCc2ccc(F)cc2)C1. The maximum absolute atomic E-state index is 12.8. The Morgan fingerprint density at radius 2 is 2.15 bits per heavy atom. The highest BCUT2D eigenvalue weighted by Gasteiger charge is 2.19. The van der Waals surface area contributed by atoms with Crippen molar-refractivity contribution in [2.24, 2.45) is 0 Å². The molecule has 0 saturated carbocycles. The maximum atomic E-state index is 12.8. The quantitative estimate of drug-likeness (QED) is 0.849. The van der Waals surface area contributed by atoms with E-state index in [1.54, 1.807) is 12.1 Å². The summed E-state index contributed by atoms with van der Waals surface area (Å²) in [4.78, 5) is 14.1. The molecular formula is C15H22FN3O. The Kier molecular flexibility index (Phi) is 5.49. The summed E-state index contributed by atoms with van der Waals surface area (Å²) in [6, 6.07) is 6.67. The molecule has 1 amide bonds. The Morgan fingerprint density at radius 3 is 2.85 bits per heavy atom. The topological polar surface area (TPSA) is 44.4 Å². The van der Waals surface area contributed by atoms with Crippen LogP contribution in [-0.4, -0.2) is 43.5 Å². The van der Waals surface area contributed by atoms with E-state index in [2.05, 4.69) is 15.5 Å². The smallest absolute Gasteiger partial charge is 0.234 e. The molecule has 1 unspecified atom stereocenters. The van der Waals surface area contributed by atoms with Crippen LogP contribution in [0.4, 0.5) is 4.39 Å². The number of nitrogens with one attached hydrogen (secondary N) is 2. The summed E-state index contributed by atoms with van der Waals surface area (Å²) in [6.45, 7) is 2.77. The standard InChI is InChI=1S/C15H22FN3O/c1-17-14-3-2-8-19(10-14)11-15(20)18-9-12-4-6-13(16)7-5-12/h4-7,14,17H,2-3,8-11H2,1H3,(H,18,20). The first-order valence-corrected chi connectivity index (χ1v) is 7.08.